The van der Waals surface area contributed by atoms with Crippen LogP contribution in [0, 0.1) is 11.3 Å². The highest BCUT2D eigenvalue weighted by atomic mass is 16.5. The summed E-state index contributed by atoms with van der Waals surface area (Å²) < 4.78 is 5.57. The molecule has 2 nitrogen and oxygen atoms in total. The summed E-state index contributed by atoms with van der Waals surface area (Å²) in [5.41, 5.74) is 0.290. The molecule has 1 N–H and O–H groups in total. The first-order chi connectivity index (χ1) is 6.58. The molecule has 0 heterocycles. The average Bonchev–Trinajstić information content (AvgIpc) is 2.94. The monoisotopic (exact) mass is 199 g/mol. The van der Waals surface area contributed by atoms with Crippen molar-refractivity contribution in [1.29, 1.82) is 0 Å². The van der Waals surface area contributed by atoms with Crippen LogP contribution in [0.4, 0.5) is 0 Å². The van der Waals surface area contributed by atoms with Gasteiger partial charge in [-0.2, -0.15) is 0 Å². The lowest BCUT2D eigenvalue weighted by atomic mass is 9.79. The molecule has 0 aromatic heterocycles. The first-order valence-corrected chi connectivity index (χ1v) is 5.89. The van der Waals surface area contributed by atoms with Gasteiger partial charge in [0.15, 0.2) is 0 Å². The first-order valence-electron chi connectivity index (χ1n) is 5.89. The molecule has 84 valence electrons. The standard InChI is InChI=1S/C12H25NO/c1-5-14-9-12(4,10(2)3)8-13-11-6-7-11/h10-11,13H,5-9H2,1-4H3. The number of nitrogens with one attached hydrogen (secondary N) is 1. The van der Waals surface area contributed by atoms with E-state index in [0.717, 1.165) is 25.8 Å². The lowest BCUT2D eigenvalue weighted by Crippen LogP contribution is -2.40. The molecule has 1 atom stereocenters. The molecule has 1 aliphatic rings. The highest BCUT2D eigenvalue weighted by molar-refractivity contribution is 4.87. The second-order valence-electron chi connectivity index (χ2n) is 5.10. The SMILES string of the molecule is CCOCC(C)(CNC1CC1)C(C)C. The van der Waals surface area contributed by atoms with Gasteiger partial charge in [-0.15, -0.1) is 0 Å². The molecular formula is C12H25NO. The van der Waals surface area contributed by atoms with Crippen LogP contribution >= 0.6 is 0 Å². The molecule has 0 saturated heterocycles. The molecule has 1 rings (SSSR count). The van der Waals surface area contributed by atoms with Gasteiger partial charge in [-0.05, 0) is 25.7 Å². The summed E-state index contributed by atoms with van der Waals surface area (Å²) in [6, 6.07) is 0.801. The Bertz CT molecular complexity index is 166. The molecule has 1 aliphatic carbocycles. The van der Waals surface area contributed by atoms with Gasteiger partial charge in [0.2, 0.25) is 0 Å². The molecule has 0 aliphatic heterocycles. The smallest absolute Gasteiger partial charge is 0.0534 e. The van der Waals surface area contributed by atoms with Gasteiger partial charge in [0.25, 0.3) is 0 Å². The third-order valence-corrected chi connectivity index (χ3v) is 3.40. The molecule has 14 heavy (non-hydrogen) atoms. The molecule has 0 bridgehead atoms. The van der Waals surface area contributed by atoms with Crippen molar-refractivity contribution < 1.29 is 4.74 Å². The highest BCUT2D eigenvalue weighted by Crippen LogP contribution is 2.28. The Morgan fingerprint density at radius 1 is 1.43 bits per heavy atom. The Balaban J connectivity index is 2.33. The van der Waals surface area contributed by atoms with E-state index in [2.05, 4.69) is 33.0 Å². The molecule has 1 unspecified atom stereocenters. The van der Waals surface area contributed by atoms with Crippen LogP contribution in [0.1, 0.15) is 40.5 Å². The minimum absolute atomic E-state index is 0.290. The Hall–Kier alpha value is -0.0800. The van der Waals surface area contributed by atoms with Crippen molar-refractivity contribution >= 4 is 0 Å². The van der Waals surface area contributed by atoms with E-state index in [1.54, 1.807) is 0 Å². The van der Waals surface area contributed by atoms with Crippen molar-refractivity contribution in [2.75, 3.05) is 19.8 Å². The Labute approximate surface area is 88.4 Å². The minimum Gasteiger partial charge on any atom is -0.381 e. The molecule has 0 aromatic rings. The largest absolute Gasteiger partial charge is 0.381 e. The summed E-state index contributed by atoms with van der Waals surface area (Å²) in [7, 11) is 0. The van der Waals surface area contributed by atoms with Gasteiger partial charge in [0, 0.05) is 24.6 Å². The van der Waals surface area contributed by atoms with E-state index < -0.39 is 0 Å². The fourth-order valence-corrected chi connectivity index (χ4v) is 1.42. The zero-order chi connectivity index (χ0) is 10.6. The summed E-state index contributed by atoms with van der Waals surface area (Å²) >= 11 is 0. The summed E-state index contributed by atoms with van der Waals surface area (Å²) in [6.07, 6.45) is 2.73. The summed E-state index contributed by atoms with van der Waals surface area (Å²) in [5, 5.41) is 3.61. The molecule has 1 saturated carbocycles. The highest BCUT2D eigenvalue weighted by Gasteiger charge is 2.31. The maximum absolute atomic E-state index is 5.57. The predicted octanol–water partition coefficient (Wildman–Crippen LogP) is 2.44. The Morgan fingerprint density at radius 2 is 2.07 bits per heavy atom. The maximum atomic E-state index is 5.57. The lowest BCUT2D eigenvalue weighted by molar-refractivity contribution is 0.0324. The average molecular weight is 199 g/mol. The maximum Gasteiger partial charge on any atom is 0.0534 e. The van der Waals surface area contributed by atoms with Crippen molar-refractivity contribution in [2.45, 2.75) is 46.6 Å². The molecule has 0 aromatic carbocycles. The van der Waals surface area contributed by atoms with Crippen LogP contribution < -0.4 is 5.32 Å². The van der Waals surface area contributed by atoms with Gasteiger partial charge in [-0.3, -0.25) is 0 Å². The predicted molar refractivity (Wildman–Crippen MR) is 60.5 cm³/mol. The van der Waals surface area contributed by atoms with E-state index in [0.29, 0.717) is 11.3 Å². The molecule has 0 amide bonds. The van der Waals surface area contributed by atoms with E-state index in [-0.39, 0.29) is 0 Å². The normalized spacial score (nSPS) is 21.2. The minimum atomic E-state index is 0.290. The van der Waals surface area contributed by atoms with E-state index >= 15 is 0 Å². The molecule has 0 radical (unpaired) electrons. The van der Waals surface area contributed by atoms with Crippen molar-refractivity contribution in [3.05, 3.63) is 0 Å². The van der Waals surface area contributed by atoms with Crippen LogP contribution in [0.2, 0.25) is 0 Å². The topological polar surface area (TPSA) is 21.3 Å². The van der Waals surface area contributed by atoms with Crippen LogP contribution in [-0.4, -0.2) is 25.8 Å². The van der Waals surface area contributed by atoms with Crippen molar-refractivity contribution in [2.24, 2.45) is 11.3 Å². The van der Waals surface area contributed by atoms with E-state index in [1.807, 2.05) is 0 Å². The first kappa shape index (κ1) is 12.0. The van der Waals surface area contributed by atoms with Crippen molar-refractivity contribution in [3.63, 3.8) is 0 Å². The van der Waals surface area contributed by atoms with Crippen LogP contribution in [0.5, 0.6) is 0 Å². The summed E-state index contributed by atoms with van der Waals surface area (Å²) in [5.74, 6) is 0.667. The second-order valence-corrected chi connectivity index (χ2v) is 5.10. The van der Waals surface area contributed by atoms with E-state index in [4.69, 9.17) is 4.74 Å². The van der Waals surface area contributed by atoms with Crippen molar-refractivity contribution in [3.8, 4) is 0 Å². The van der Waals surface area contributed by atoms with Gasteiger partial charge < -0.3 is 10.1 Å². The second kappa shape index (κ2) is 5.13. The molecule has 1 fully saturated rings. The van der Waals surface area contributed by atoms with Crippen LogP contribution in [0.3, 0.4) is 0 Å². The van der Waals surface area contributed by atoms with Gasteiger partial charge in [0.05, 0.1) is 6.61 Å². The molecule has 0 spiro atoms. The Kier molecular flexibility index (Phi) is 4.39. The fraction of sp³-hybridized carbons (Fsp3) is 1.00. The number of hydrogen-bond donors (Lipinski definition) is 1. The number of rotatable bonds is 7. The van der Waals surface area contributed by atoms with Gasteiger partial charge in [-0.25, -0.2) is 0 Å². The molecule has 2 heteroatoms. The zero-order valence-corrected chi connectivity index (χ0v) is 10.1. The van der Waals surface area contributed by atoms with Crippen molar-refractivity contribution in [1.82, 2.24) is 5.32 Å². The van der Waals surface area contributed by atoms with Crippen LogP contribution in [0.25, 0.3) is 0 Å². The number of ether oxygens (including phenoxy) is 1. The van der Waals surface area contributed by atoms with Gasteiger partial charge >= 0.3 is 0 Å². The zero-order valence-electron chi connectivity index (χ0n) is 10.1. The van der Waals surface area contributed by atoms with E-state index in [1.165, 1.54) is 12.8 Å². The van der Waals surface area contributed by atoms with Gasteiger partial charge in [0.1, 0.15) is 0 Å². The van der Waals surface area contributed by atoms with E-state index in [9.17, 15) is 0 Å². The van der Waals surface area contributed by atoms with Crippen LogP contribution in [-0.2, 0) is 4.74 Å². The van der Waals surface area contributed by atoms with Crippen LogP contribution in [0.15, 0.2) is 0 Å². The lowest BCUT2D eigenvalue weighted by Gasteiger charge is -2.33. The summed E-state index contributed by atoms with van der Waals surface area (Å²) in [6.45, 7) is 11.8. The fourth-order valence-electron chi connectivity index (χ4n) is 1.42. The number of hydrogen-bond acceptors (Lipinski definition) is 2. The quantitative estimate of drug-likeness (QED) is 0.680. The van der Waals surface area contributed by atoms with Gasteiger partial charge in [-0.1, -0.05) is 20.8 Å². The summed E-state index contributed by atoms with van der Waals surface area (Å²) in [4.78, 5) is 0. The third-order valence-electron chi connectivity index (χ3n) is 3.40. The molecular weight excluding hydrogens is 174 g/mol. The Morgan fingerprint density at radius 3 is 2.50 bits per heavy atom. The third kappa shape index (κ3) is 3.58.